The van der Waals surface area contributed by atoms with Gasteiger partial charge in [0.1, 0.15) is 11.6 Å². The average molecular weight is 367 g/mol. The summed E-state index contributed by atoms with van der Waals surface area (Å²) in [6, 6.07) is 10.4. The lowest BCUT2D eigenvalue weighted by molar-refractivity contribution is -0.119. The van der Waals surface area contributed by atoms with Crippen molar-refractivity contribution >= 4 is 33.4 Å². The fraction of sp³-hybridized carbons (Fsp3) is 0.0667. The number of ether oxygens (including phenoxy) is 1. The molecule has 0 saturated carbocycles. The Morgan fingerprint density at radius 3 is 2.50 bits per heavy atom. The maximum absolute atomic E-state index is 13.6. The first-order valence-corrected chi connectivity index (χ1v) is 7.02. The van der Waals surface area contributed by atoms with Crippen molar-refractivity contribution in [2.24, 2.45) is 5.73 Å². The Hall–Kier alpha value is -2.41. The van der Waals surface area contributed by atoms with Crippen molar-refractivity contribution in [1.29, 1.82) is 0 Å². The topological polar surface area (TPSA) is 81.4 Å². The Bertz CT molecular complexity index is 704. The average Bonchev–Trinajstić information content (AvgIpc) is 2.49. The molecule has 2 aromatic rings. The van der Waals surface area contributed by atoms with E-state index in [0.717, 1.165) is 0 Å². The van der Waals surface area contributed by atoms with Crippen LogP contribution in [0.15, 0.2) is 46.9 Å². The molecule has 5 nitrogen and oxygen atoms in total. The number of nitrogens with one attached hydrogen (secondary N) is 1. The molecule has 0 aliphatic heterocycles. The van der Waals surface area contributed by atoms with Crippen LogP contribution in [-0.2, 0) is 4.79 Å². The number of primary amides is 1. The number of amides is 2. The number of halogens is 2. The number of carbonyl (C=O) groups excluding carboxylic acids is 2. The largest absolute Gasteiger partial charge is 0.484 e. The van der Waals surface area contributed by atoms with E-state index in [4.69, 9.17) is 10.5 Å². The predicted molar refractivity (Wildman–Crippen MR) is 83.2 cm³/mol. The molecule has 0 unspecified atom stereocenters. The molecule has 114 valence electrons. The van der Waals surface area contributed by atoms with Crippen LogP contribution in [0, 0.1) is 5.82 Å². The van der Waals surface area contributed by atoms with Gasteiger partial charge in [-0.3, -0.25) is 9.59 Å². The van der Waals surface area contributed by atoms with Gasteiger partial charge < -0.3 is 15.8 Å². The first-order chi connectivity index (χ1) is 10.5. The minimum absolute atomic E-state index is 0.0663. The normalized spacial score (nSPS) is 10.1. The van der Waals surface area contributed by atoms with E-state index in [1.165, 1.54) is 18.2 Å². The minimum Gasteiger partial charge on any atom is -0.484 e. The molecule has 0 atom stereocenters. The van der Waals surface area contributed by atoms with Gasteiger partial charge in [-0.1, -0.05) is 15.9 Å². The van der Waals surface area contributed by atoms with Gasteiger partial charge >= 0.3 is 0 Å². The zero-order chi connectivity index (χ0) is 16.1. The number of benzene rings is 2. The second-order valence-electron chi connectivity index (χ2n) is 4.36. The number of rotatable bonds is 5. The number of hydrogen-bond donors (Lipinski definition) is 2. The molecular weight excluding hydrogens is 355 g/mol. The van der Waals surface area contributed by atoms with Crippen LogP contribution in [0.3, 0.4) is 0 Å². The Kier molecular flexibility index (Phi) is 5.11. The molecule has 2 rings (SSSR count). The molecule has 0 aliphatic carbocycles. The molecule has 2 amide bonds. The highest BCUT2D eigenvalue weighted by Crippen LogP contribution is 2.19. The van der Waals surface area contributed by atoms with Gasteiger partial charge in [0.2, 0.25) is 0 Å². The van der Waals surface area contributed by atoms with Crippen LogP contribution in [0.4, 0.5) is 10.1 Å². The van der Waals surface area contributed by atoms with E-state index < -0.39 is 17.6 Å². The first kappa shape index (κ1) is 16.0. The van der Waals surface area contributed by atoms with Gasteiger partial charge in [-0.25, -0.2) is 4.39 Å². The summed E-state index contributed by atoms with van der Waals surface area (Å²) in [6.45, 7) is -0.227. The van der Waals surface area contributed by atoms with E-state index in [1.54, 1.807) is 24.3 Å². The van der Waals surface area contributed by atoms with Crippen molar-refractivity contribution in [1.82, 2.24) is 0 Å². The molecule has 0 spiro atoms. The summed E-state index contributed by atoms with van der Waals surface area (Å²) in [7, 11) is 0. The van der Waals surface area contributed by atoms with Crippen LogP contribution >= 0.6 is 15.9 Å². The van der Waals surface area contributed by atoms with Crippen molar-refractivity contribution in [2.45, 2.75) is 0 Å². The number of carbonyl (C=O) groups is 2. The first-order valence-electron chi connectivity index (χ1n) is 6.23. The zero-order valence-corrected chi connectivity index (χ0v) is 12.9. The maximum Gasteiger partial charge on any atom is 0.258 e. The molecule has 0 radical (unpaired) electrons. The Labute approximate surface area is 134 Å². The van der Waals surface area contributed by atoms with Crippen molar-refractivity contribution in [2.75, 3.05) is 11.9 Å². The van der Waals surface area contributed by atoms with E-state index in [2.05, 4.69) is 21.2 Å². The van der Waals surface area contributed by atoms with Gasteiger partial charge in [0.05, 0.1) is 5.56 Å². The maximum atomic E-state index is 13.6. The summed E-state index contributed by atoms with van der Waals surface area (Å²) in [5, 5.41) is 2.57. The smallest absolute Gasteiger partial charge is 0.258 e. The van der Waals surface area contributed by atoms with Crippen LogP contribution in [-0.4, -0.2) is 18.4 Å². The third kappa shape index (κ3) is 4.29. The van der Waals surface area contributed by atoms with Gasteiger partial charge in [-0.2, -0.15) is 0 Å². The summed E-state index contributed by atoms with van der Waals surface area (Å²) < 4.78 is 19.3. The van der Waals surface area contributed by atoms with E-state index in [1.807, 2.05) is 0 Å². The molecule has 2 aromatic carbocycles. The van der Waals surface area contributed by atoms with Crippen LogP contribution in [0.2, 0.25) is 0 Å². The van der Waals surface area contributed by atoms with Crippen LogP contribution in [0.1, 0.15) is 10.4 Å². The van der Waals surface area contributed by atoms with Crippen molar-refractivity contribution in [3.05, 3.63) is 58.3 Å². The fourth-order valence-electron chi connectivity index (χ4n) is 1.66. The summed E-state index contributed by atoms with van der Waals surface area (Å²) >= 11 is 3.19. The molecule has 0 fully saturated rings. The highest BCUT2D eigenvalue weighted by atomic mass is 79.9. The molecule has 3 N–H and O–H groups in total. The van der Waals surface area contributed by atoms with Crippen LogP contribution in [0.5, 0.6) is 5.75 Å². The van der Waals surface area contributed by atoms with Gasteiger partial charge in [0.25, 0.3) is 11.8 Å². The number of hydrogen-bond acceptors (Lipinski definition) is 3. The van der Waals surface area contributed by atoms with E-state index in [-0.39, 0.29) is 12.2 Å². The van der Waals surface area contributed by atoms with Crippen molar-refractivity contribution < 1.29 is 18.7 Å². The van der Waals surface area contributed by atoms with Gasteiger partial charge in [-0.15, -0.1) is 0 Å². The third-order valence-corrected chi connectivity index (χ3v) is 3.16. The predicted octanol–water partition coefficient (Wildman–Crippen LogP) is 2.70. The second kappa shape index (κ2) is 7.04. The molecule has 22 heavy (non-hydrogen) atoms. The summed E-state index contributed by atoms with van der Waals surface area (Å²) in [4.78, 5) is 22.6. The van der Waals surface area contributed by atoms with Crippen molar-refractivity contribution in [3.8, 4) is 5.75 Å². The molecule has 0 aliphatic rings. The van der Waals surface area contributed by atoms with Gasteiger partial charge in [0, 0.05) is 10.2 Å². The van der Waals surface area contributed by atoms with E-state index >= 15 is 0 Å². The lowest BCUT2D eigenvalue weighted by atomic mass is 10.2. The molecule has 0 aromatic heterocycles. The molecule has 0 bridgehead atoms. The second-order valence-corrected chi connectivity index (χ2v) is 5.27. The van der Waals surface area contributed by atoms with Crippen LogP contribution < -0.4 is 15.8 Å². The summed E-state index contributed by atoms with van der Waals surface area (Å²) in [6.07, 6.45) is 0. The highest BCUT2D eigenvalue weighted by molar-refractivity contribution is 9.10. The zero-order valence-electron chi connectivity index (χ0n) is 11.3. The molecule has 0 heterocycles. The molecule has 0 saturated heterocycles. The van der Waals surface area contributed by atoms with Gasteiger partial charge in [-0.05, 0) is 42.5 Å². The Balaban J connectivity index is 2.05. The minimum atomic E-state index is -0.609. The van der Waals surface area contributed by atoms with Crippen LogP contribution in [0.25, 0.3) is 0 Å². The van der Waals surface area contributed by atoms with Gasteiger partial charge in [0.15, 0.2) is 6.61 Å². The number of anilines is 1. The quantitative estimate of drug-likeness (QED) is 0.853. The monoisotopic (exact) mass is 366 g/mol. The lowest BCUT2D eigenvalue weighted by Crippen LogP contribution is -2.20. The standard InChI is InChI=1S/C15H12BrFN2O3/c16-9-1-6-13(17)12(7-9)15(21)19-10-2-4-11(5-3-10)22-8-14(18)20/h1-7H,8H2,(H2,18,20)(H,19,21). The highest BCUT2D eigenvalue weighted by Gasteiger charge is 2.12. The summed E-state index contributed by atoms with van der Waals surface area (Å²) in [5.41, 5.74) is 5.37. The lowest BCUT2D eigenvalue weighted by Gasteiger charge is -2.08. The Morgan fingerprint density at radius 2 is 1.86 bits per heavy atom. The number of nitrogens with two attached hydrogens (primary N) is 1. The van der Waals surface area contributed by atoms with E-state index in [9.17, 15) is 14.0 Å². The van der Waals surface area contributed by atoms with E-state index in [0.29, 0.717) is 15.9 Å². The third-order valence-electron chi connectivity index (χ3n) is 2.67. The Morgan fingerprint density at radius 1 is 1.18 bits per heavy atom. The molecule has 7 heteroatoms. The molecular formula is C15H12BrFN2O3. The van der Waals surface area contributed by atoms with Crippen molar-refractivity contribution in [3.63, 3.8) is 0 Å². The SMILES string of the molecule is NC(=O)COc1ccc(NC(=O)c2cc(Br)ccc2F)cc1. The fourth-order valence-corrected chi connectivity index (χ4v) is 2.02. The summed E-state index contributed by atoms with van der Waals surface area (Å²) in [5.74, 6) is -1.32.